The summed E-state index contributed by atoms with van der Waals surface area (Å²) in [5.41, 5.74) is 1.28. The topological polar surface area (TPSA) is 15.3 Å². The summed E-state index contributed by atoms with van der Waals surface area (Å²) in [5, 5.41) is 4.45. The average Bonchev–Trinajstić information content (AvgIpc) is 3.30. The van der Waals surface area contributed by atoms with Gasteiger partial charge in [-0.25, -0.2) is 0 Å². The van der Waals surface area contributed by atoms with Crippen molar-refractivity contribution in [1.82, 2.24) is 10.2 Å². The van der Waals surface area contributed by atoms with Crippen molar-refractivity contribution < 1.29 is 0 Å². The molecule has 0 radical (unpaired) electrons. The van der Waals surface area contributed by atoms with E-state index in [1.54, 1.807) is 0 Å². The maximum Gasteiger partial charge on any atom is 0.0453 e. The Bertz CT molecular complexity index is 438. The second kappa shape index (κ2) is 6.46. The van der Waals surface area contributed by atoms with Crippen LogP contribution in [0.15, 0.2) is 24.3 Å². The number of nitrogens with one attached hydrogen (secondary N) is 1. The van der Waals surface area contributed by atoms with Crippen LogP contribution in [0.3, 0.4) is 0 Å². The number of hydrogen-bond acceptors (Lipinski definition) is 2. The molecule has 3 heteroatoms. The van der Waals surface area contributed by atoms with Crippen molar-refractivity contribution in [2.75, 3.05) is 19.6 Å². The van der Waals surface area contributed by atoms with Gasteiger partial charge in [-0.1, -0.05) is 29.8 Å². The molecule has 1 aliphatic heterocycles. The molecule has 0 amide bonds. The van der Waals surface area contributed by atoms with Gasteiger partial charge >= 0.3 is 0 Å². The van der Waals surface area contributed by atoms with Crippen LogP contribution in [0.5, 0.6) is 0 Å². The van der Waals surface area contributed by atoms with Crippen LogP contribution in [0.4, 0.5) is 0 Å². The van der Waals surface area contributed by atoms with Crippen LogP contribution in [-0.2, 0) is 0 Å². The molecule has 2 atom stereocenters. The Kier molecular flexibility index (Phi) is 4.65. The minimum absolute atomic E-state index is 0.429. The lowest BCUT2D eigenvalue weighted by Crippen LogP contribution is -2.40. The van der Waals surface area contributed by atoms with Gasteiger partial charge in [0.15, 0.2) is 0 Å². The monoisotopic (exact) mass is 292 g/mol. The molecule has 2 nitrogen and oxygen atoms in total. The minimum atomic E-state index is 0.429. The standard InChI is InChI=1S/C17H25ClN2/c1-13(16-6-2-3-7-17(16)18)20(15-8-9-15)12-14-5-4-10-19-11-14/h2-3,6-7,13-15,19H,4-5,8-12H2,1H3. The second-order valence-electron chi connectivity index (χ2n) is 6.34. The molecule has 1 N–H and O–H groups in total. The van der Waals surface area contributed by atoms with Gasteiger partial charge in [0, 0.05) is 23.7 Å². The zero-order valence-electron chi connectivity index (χ0n) is 12.3. The number of hydrogen-bond donors (Lipinski definition) is 1. The summed E-state index contributed by atoms with van der Waals surface area (Å²) >= 11 is 6.39. The highest BCUT2D eigenvalue weighted by Crippen LogP contribution is 2.37. The van der Waals surface area contributed by atoms with E-state index in [9.17, 15) is 0 Å². The molecule has 1 aromatic carbocycles. The van der Waals surface area contributed by atoms with Gasteiger partial charge in [-0.3, -0.25) is 4.90 Å². The maximum atomic E-state index is 6.39. The Balaban J connectivity index is 1.71. The van der Waals surface area contributed by atoms with Crippen LogP contribution in [0.2, 0.25) is 5.02 Å². The van der Waals surface area contributed by atoms with Crippen LogP contribution in [-0.4, -0.2) is 30.6 Å². The third-order valence-electron chi connectivity index (χ3n) is 4.74. The minimum Gasteiger partial charge on any atom is -0.316 e. The predicted octanol–water partition coefficient (Wildman–Crippen LogP) is 3.87. The Morgan fingerprint density at radius 3 is 2.75 bits per heavy atom. The summed E-state index contributed by atoms with van der Waals surface area (Å²) in [7, 11) is 0. The quantitative estimate of drug-likeness (QED) is 0.886. The van der Waals surface area contributed by atoms with Gasteiger partial charge in [-0.15, -0.1) is 0 Å². The molecule has 110 valence electrons. The third kappa shape index (κ3) is 3.36. The van der Waals surface area contributed by atoms with Gasteiger partial charge in [-0.2, -0.15) is 0 Å². The molecular weight excluding hydrogens is 268 g/mol. The summed E-state index contributed by atoms with van der Waals surface area (Å²) in [6.45, 7) is 5.90. The van der Waals surface area contributed by atoms with Crippen LogP contribution in [0.1, 0.15) is 44.2 Å². The molecule has 2 aliphatic rings. The fourth-order valence-corrected chi connectivity index (χ4v) is 3.69. The molecule has 1 saturated heterocycles. The number of benzene rings is 1. The van der Waals surface area contributed by atoms with Crippen molar-refractivity contribution in [2.24, 2.45) is 5.92 Å². The van der Waals surface area contributed by atoms with Crippen LogP contribution in [0, 0.1) is 5.92 Å². The zero-order chi connectivity index (χ0) is 13.9. The van der Waals surface area contributed by atoms with E-state index < -0.39 is 0 Å². The molecule has 1 saturated carbocycles. The fourth-order valence-electron chi connectivity index (χ4n) is 3.40. The number of rotatable bonds is 5. The number of halogens is 1. The van der Waals surface area contributed by atoms with E-state index in [1.165, 1.54) is 50.9 Å². The fraction of sp³-hybridized carbons (Fsp3) is 0.647. The molecule has 1 heterocycles. The van der Waals surface area contributed by atoms with Gasteiger partial charge in [0.2, 0.25) is 0 Å². The molecule has 2 fully saturated rings. The van der Waals surface area contributed by atoms with Crippen molar-refractivity contribution in [3.05, 3.63) is 34.9 Å². The van der Waals surface area contributed by atoms with Crippen LogP contribution < -0.4 is 5.32 Å². The first-order valence-corrected chi connectivity index (χ1v) is 8.34. The molecule has 0 aromatic heterocycles. The lowest BCUT2D eigenvalue weighted by molar-refractivity contribution is 0.154. The highest BCUT2D eigenvalue weighted by molar-refractivity contribution is 6.31. The van der Waals surface area contributed by atoms with E-state index in [0.29, 0.717) is 6.04 Å². The Morgan fingerprint density at radius 2 is 2.10 bits per heavy atom. The van der Waals surface area contributed by atoms with Gasteiger partial charge in [0.25, 0.3) is 0 Å². The molecule has 0 spiro atoms. The van der Waals surface area contributed by atoms with E-state index in [0.717, 1.165) is 17.0 Å². The van der Waals surface area contributed by atoms with Crippen molar-refractivity contribution >= 4 is 11.6 Å². The lowest BCUT2D eigenvalue weighted by Gasteiger charge is -2.35. The average molecular weight is 293 g/mol. The third-order valence-corrected chi connectivity index (χ3v) is 5.08. The van der Waals surface area contributed by atoms with E-state index >= 15 is 0 Å². The molecular formula is C17H25ClN2. The number of piperidine rings is 1. The van der Waals surface area contributed by atoms with Gasteiger partial charge in [-0.05, 0) is 63.2 Å². The lowest BCUT2D eigenvalue weighted by atomic mass is 9.97. The van der Waals surface area contributed by atoms with Crippen molar-refractivity contribution in [3.63, 3.8) is 0 Å². The Morgan fingerprint density at radius 1 is 1.30 bits per heavy atom. The van der Waals surface area contributed by atoms with E-state index in [2.05, 4.69) is 29.3 Å². The summed E-state index contributed by atoms with van der Waals surface area (Å²) < 4.78 is 0. The first-order valence-electron chi connectivity index (χ1n) is 7.96. The second-order valence-corrected chi connectivity index (χ2v) is 6.75. The van der Waals surface area contributed by atoms with Crippen LogP contribution >= 0.6 is 11.6 Å². The Hall–Kier alpha value is -0.570. The summed E-state index contributed by atoms with van der Waals surface area (Å²) in [4.78, 5) is 2.69. The van der Waals surface area contributed by atoms with Gasteiger partial charge in [0.05, 0.1) is 0 Å². The maximum absolute atomic E-state index is 6.39. The van der Waals surface area contributed by atoms with Gasteiger partial charge < -0.3 is 5.32 Å². The molecule has 3 rings (SSSR count). The SMILES string of the molecule is CC(c1ccccc1Cl)N(CC1CCCNC1)C1CC1. The smallest absolute Gasteiger partial charge is 0.0453 e. The van der Waals surface area contributed by atoms with Gasteiger partial charge in [0.1, 0.15) is 0 Å². The first-order chi connectivity index (χ1) is 9.75. The molecule has 2 unspecified atom stereocenters. The molecule has 20 heavy (non-hydrogen) atoms. The predicted molar refractivity (Wildman–Crippen MR) is 85.2 cm³/mol. The van der Waals surface area contributed by atoms with E-state index in [4.69, 9.17) is 11.6 Å². The summed E-state index contributed by atoms with van der Waals surface area (Å²) in [6, 6.07) is 9.53. The van der Waals surface area contributed by atoms with Crippen molar-refractivity contribution in [1.29, 1.82) is 0 Å². The molecule has 1 aromatic rings. The largest absolute Gasteiger partial charge is 0.316 e. The molecule has 1 aliphatic carbocycles. The van der Waals surface area contributed by atoms with Crippen LogP contribution in [0.25, 0.3) is 0 Å². The van der Waals surface area contributed by atoms with E-state index in [1.807, 2.05) is 12.1 Å². The molecule has 0 bridgehead atoms. The van der Waals surface area contributed by atoms with Crippen molar-refractivity contribution in [3.8, 4) is 0 Å². The highest BCUT2D eigenvalue weighted by atomic mass is 35.5. The first kappa shape index (κ1) is 14.4. The Labute approximate surface area is 127 Å². The summed E-state index contributed by atoms with van der Waals surface area (Å²) in [6.07, 6.45) is 5.40. The van der Waals surface area contributed by atoms with E-state index in [-0.39, 0.29) is 0 Å². The zero-order valence-corrected chi connectivity index (χ0v) is 13.1. The van der Waals surface area contributed by atoms with Crippen molar-refractivity contribution in [2.45, 2.75) is 44.7 Å². The number of nitrogens with zero attached hydrogens (tertiary/aromatic N) is 1. The highest BCUT2D eigenvalue weighted by Gasteiger charge is 2.34. The normalized spacial score (nSPS) is 24.9. The summed E-state index contributed by atoms with van der Waals surface area (Å²) in [5.74, 6) is 0.800.